The van der Waals surface area contributed by atoms with Crippen molar-refractivity contribution < 1.29 is 18.4 Å². The number of carbonyl (C=O) groups is 2. The second-order valence-electron chi connectivity index (χ2n) is 5.68. The summed E-state index contributed by atoms with van der Waals surface area (Å²) in [6, 6.07) is 18.0. The minimum Gasteiger partial charge on any atom is -0.457 e. The van der Waals surface area contributed by atoms with Crippen molar-refractivity contribution in [1.82, 2.24) is 5.43 Å². The quantitative estimate of drug-likeness (QED) is 0.582. The lowest BCUT2D eigenvalue weighted by atomic mass is 10.2. The van der Waals surface area contributed by atoms with Crippen LogP contribution in [0.15, 0.2) is 76.7 Å². The summed E-state index contributed by atoms with van der Waals surface area (Å²) < 4.78 is 18.7. The van der Waals surface area contributed by atoms with Crippen LogP contribution in [-0.2, 0) is 9.59 Å². The van der Waals surface area contributed by atoms with Gasteiger partial charge in [-0.15, -0.1) is 0 Å². The van der Waals surface area contributed by atoms with E-state index in [2.05, 4.69) is 5.43 Å². The van der Waals surface area contributed by atoms with Gasteiger partial charge in [0.05, 0.1) is 5.69 Å². The van der Waals surface area contributed by atoms with Gasteiger partial charge in [-0.05, 0) is 54.6 Å². The van der Waals surface area contributed by atoms with E-state index in [1.165, 1.54) is 23.2 Å². The van der Waals surface area contributed by atoms with Gasteiger partial charge in [-0.2, -0.15) is 0 Å². The van der Waals surface area contributed by atoms with Crippen molar-refractivity contribution in [3.63, 3.8) is 0 Å². The summed E-state index contributed by atoms with van der Waals surface area (Å²) >= 11 is 0. The molecule has 1 aliphatic rings. The van der Waals surface area contributed by atoms with E-state index in [1.807, 2.05) is 6.07 Å². The van der Waals surface area contributed by atoms with E-state index in [9.17, 15) is 14.0 Å². The summed E-state index contributed by atoms with van der Waals surface area (Å²) in [5, 5.41) is 1.19. The van der Waals surface area contributed by atoms with Crippen LogP contribution in [-0.4, -0.2) is 11.8 Å². The Labute approximate surface area is 148 Å². The van der Waals surface area contributed by atoms with Gasteiger partial charge >= 0.3 is 0 Å². The molecule has 1 fully saturated rings. The maximum absolute atomic E-state index is 13.0. The number of hydrogen-bond acceptors (Lipinski definition) is 3. The minimum absolute atomic E-state index is 0.0196. The van der Waals surface area contributed by atoms with E-state index >= 15 is 0 Å². The average Bonchev–Trinajstić information content (AvgIpc) is 3.23. The van der Waals surface area contributed by atoms with E-state index in [4.69, 9.17) is 4.42 Å². The predicted octanol–water partition coefficient (Wildman–Crippen LogP) is 3.55. The van der Waals surface area contributed by atoms with E-state index in [-0.39, 0.29) is 11.4 Å². The summed E-state index contributed by atoms with van der Waals surface area (Å²) in [5.74, 6) is -0.420. The molecule has 3 aromatic rings. The Morgan fingerprint density at radius 2 is 1.65 bits per heavy atom. The number of halogens is 1. The molecule has 0 saturated carbocycles. The second-order valence-corrected chi connectivity index (χ2v) is 5.68. The molecule has 4 rings (SSSR count). The summed E-state index contributed by atoms with van der Waals surface area (Å²) in [6.07, 6.45) is 1.40. The minimum atomic E-state index is -0.501. The Hall–Kier alpha value is -3.67. The molecule has 1 N–H and O–H groups in total. The van der Waals surface area contributed by atoms with Crippen LogP contribution >= 0.6 is 0 Å². The Bertz CT molecular complexity index is 1010. The standard InChI is InChI=1S/C20H13FN2O3/c21-14-8-6-13(7-9-14)18-11-10-16(26-18)12-17-19(24)22-23(20(17)25)15-4-2-1-3-5-15/h1-12H,(H,22,24)/b17-12+. The maximum Gasteiger partial charge on any atom is 0.282 e. The monoisotopic (exact) mass is 348 g/mol. The lowest BCUT2D eigenvalue weighted by Crippen LogP contribution is -2.35. The highest BCUT2D eigenvalue weighted by Crippen LogP contribution is 2.25. The Balaban J connectivity index is 1.61. The van der Waals surface area contributed by atoms with Crippen molar-refractivity contribution in [3.8, 4) is 11.3 Å². The molecule has 1 aliphatic heterocycles. The average molecular weight is 348 g/mol. The lowest BCUT2D eigenvalue weighted by molar-refractivity contribution is -0.117. The van der Waals surface area contributed by atoms with E-state index in [0.717, 1.165) is 0 Å². The fraction of sp³-hybridized carbons (Fsp3) is 0. The summed E-state index contributed by atoms with van der Waals surface area (Å²) in [6.45, 7) is 0. The largest absolute Gasteiger partial charge is 0.457 e. The summed E-state index contributed by atoms with van der Waals surface area (Å²) in [4.78, 5) is 24.7. The first-order chi connectivity index (χ1) is 12.6. The first kappa shape index (κ1) is 15.8. The Morgan fingerprint density at radius 1 is 0.923 bits per heavy atom. The molecule has 1 aromatic heterocycles. The van der Waals surface area contributed by atoms with E-state index in [0.29, 0.717) is 22.8 Å². The fourth-order valence-electron chi connectivity index (χ4n) is 2.66. The highest BCUT2D eigenvalue weighted by molar-refractivity contribution is 6.31. The third-order valence-electron chi connectivity index (χ3n) is 3.95. The van der Waals surface area contributed by atoms with Crippen LogP contribution in [0.25, 0.3) is 17.4 Å². The molecule has 6 heteroatoms. The third kappa shape index (κ3) is 2.88. The van der Waals surface area contributed by atoms with Crippen LogP contribution in [0.2, 0.25) is 0 Å². The second kappa shape index (κ2) is 6.33. The number of furan rings is 1. The molecular weight excluding hydrogens is 335 g/mol. The van der Waals surface area contributed by atoms with Crippen LogP contribution in [0, 0.1) is 5.82 Å². The molecule has 0 aliphatic carbocycles. The molecule has 1 saturated heterocycles. The molecule has 2 aromatic carbocycles. The first-order valence-electron chi connectivity index (χ1n) is 7.90. The van der Waals surface area contributed by atoms with Gasteiger partial charge in [0, 0.05) is 5.56 Å². The van der Waals surface area contributed by atoms with Crippen LogP contribution in [0.1, 0.15) is 5.76 Å². The van der Waals surface area contributed by atoms with Gasteiger partial charge in [-0.25, -0.2) is 9.40 Å². The molecular formula is C20H13FN2O3. The van der Waals surface area contributed by atoms with E-state index < -0.39 is 11.8 Å². The molecule has 26 heavy (non-hydrogen) atoms. The van der Waals surface area contributed by atoms with Crippen LogP contribution in [0.4, 0.5) is 10.1 Å². The molecule has 2 amide bonds. The fourth-order valence-corrected chi connectivity index (χ4v) is 2.66. The van der Waals surface area contributed by atoms with Crippen LogP contribution in [0.3, 0.4) is 0 Å². The molecule has 5 nitrogen and oxygen atoms in total. The SMILES string of the molecule is O=C1NN(c2ccccc2)C(=O)/C1=C/c1ccc(-c2ccc(F)cc2)o1. The number of nitrogens with one attached hydrogen (secondary N) is 1. The topological polar surface area (TPSA) is 62.6 Å². The van der Waals surface area contributed by atoms with Crippen molar-refractivity contribution in [2.24, 2.45) is 0 Å². The number of hydrazine groups is 1. The lowest BCUT2D eigenvalue weighted by Gasteiger charge is -2.13. The maximum atomic E-state index is 13.0. The van der Waals surface area contributed by atoms with Crippen molar-refractivity contribution in [3.05, 3.63) is 83.9 Å². The number of benzene rings is 2. The molecule has 0 spiro atoms. The van der Waals surface area contributed by atoms with Gasteiger partial charge in [0.1, 0.15) is 22.9 Å². The van der Waals surface area contributed by atoms with Crippen molar-refractivity contribution >= 4 is 23.6 Å². The van der Waals surface area contributed by atoms with Crippen LogP contribution in [0.5, 0.6) is 0 Å². The third-order valence-corrected chi connectivity index (χ3v) is 3.95. The number of rotatable bonds is 3. The zero-order valence-corrected chi connectivity index (χ0v) is 13.5. The molecule has 128 valence electrons. The predicted molar refractivity (Wildman–Crippen MR) is 94.1 cm³/mol. The van der Waals surface area contributed by atoms with E-state index in [1.54, 1.807) is 48.5 Å². The molecule has 2 heterocycles. The number of nitrogens with zero attached hydrogens (tertiary/aromatic N) is 1. The zero-order valence-electron chi connectivity index (χ0n) is 13.5. The number of para-hydroxylation sites is 1. The summed E-state index contributed by atoms with van der Waals surface area (Å²) in [7, 11) is 0. The van der Waals surface area contributed by atoms with Gasteiger partial charge in [-0.1, -0.05) is 18.2 Å². The summed E-state index contributed by atoms with van der Waals surface area (Å²) in [5.41, 5.74) is 3.78. The van der Waals surface area contributed by atoms with Crippen molar-refractivity contribution in [1.29, 1.82) is 0 Å². The van der Waals surface area contributed by atoms with Gasteiger partial charge < -0.3 is 4.42 Å². The molecule has 0 atom stereocenters. The van der Waals surface area contributed by atoms with Crippen molar-refractivity contribution in [2.45, 2.75) is 0 Å². The normalized spacial score (nSPS) is 15.6. The number of anilines is 1. The van der Waals surface area contributed by atoms with Gasteiger partial charge in [0.25, 0.3) is 11.8 Å². The van der Waals surface area contributed by atoms with Gasteiger partial charge in [0.15, 0.2) is 0 Å². The Morgan fingerprint density at radius 3 is 2.38 bits per heavy atom. The number of carbonyl (C=O) groups excluding carboxylic acids is 2. The smallest absolute Gasteiger partial charge is 0.282 e. The molecule has 0 radical (unpaired) electrons. The van der Waals surface area contributed by atoms with Gasteiger partial charge in [0.2, 0.25) is 0 Å². The van der Waals surface area contributed by atoms with Crippen LogP contribution < -0.4 is 10.4 Å². The molecule has 0 unspecified atom stereocenters. The highest BCUT2D eigenvalue weighted by atomic mass is 19.1. The van der Waals surface area contributed by atoms with Gasteiger partial charge in [-0.3, -0.25) is 15.0 Å². The highest BCUT2D eigenvalue weighted by Gasteiger charge is 2.34. The number of hydrogen-bond donors (Lipinski definition) is 1. The zero-order chi connectivity index (χ0) is 18.1. The Kier molecular flexibility index (Phi) is 3.85. The van der Waals surface area contributed by atoms with Crippen molar-refractivity contribution in [2.75, 3.05) is 5.01 Å². The molecule has 0 bridgehead atoms. The first-order valence-corrected chi connectivity index (χ1v) is 7.90. The number of amides is 2.